The number of aliphatic hydroxyl groups excluding tert-OH is 1. The molecule has 2 aromatic heterocycles. The Bertz CT molecular complexity index is 1260. The minimum Gasteiger partial charge on any atom is -0.468 e. The number of esters is 1. The molecular weight excluding hydrogens is 510 g/mol. The molecule has 200 valence electrons. The molecule has 1 saturated heterocycles. The Balaban J connectivity index is 1.50. The largest absolute Gasteiger partial charge is 0.468 e. The zero-order valence-electron chi connectivity index (χ0n) is 20.6. The second-order valence-electron chi connectivity index (χ2n) is 8.43. The Morgan fingerprint density at radius 2 is 2.08 bits per heavy atom. The third kappa shape index (κ3) is 5.29. The monoisotopic (exact) mass is 538 g/mol. The first-order valence-corrected chi connectivity index (χ1v) is 12.6. The van der Waals surface area contributed by atoms with Crippen molar-refractivity contribution in [3.8, 4) is 5.75 Å². The first kappa shape index (κ1) is 26.9. The van der Waals surface area contributed by atoms with Crippen LogP contribution >= 0.6 is 8.18 Å². The summed E-state index contributed by atoms with van der Waals surface area (Å²) >= 11 is 0. The van der Waals surface area contributed by atoms with Crippen molar-refractivity contribution in [1.29, 1.82) is 0 Å². The normalized spacial score (nSPS) is 25.2. The van der Waals surface area contributed by atoms with Gasteiger partial charge in [0.15, 0.2) is 23.4 Å². The first-order chi connectivity index (χ1) is 17.7. The summed E-state index contributed by atoms with van der Waals surface area (Å²) in [6.07, 6.45) is -1.52. The summed E-state index contributed by atoms with van der Waals surface area (Å²) in [6.45, 7) is 2.16. The van der Waals surface area contributed by atoms with Crippen LogP contribution in [-0.4, -0.2) is 80.1 Å². The minimum absolute atomic E-state index is 0.296. The molecule has 1 aliphatic heterocycles. The van der Waals surface area contributed by atoms with Gasteiger partial charge in [0.2, 0.25) is 0 Å². The lowest BCUT2D eigenvalue weighted by Gasteiger charge is -2.26. The fourth-order valence-electron chi connectivity index (χ4n) is 3.91. The molecule has 1 aromatic carbocycles. The van der Waals surface area contributed by atoms with Gasteiger partial charge in [-0.05, 0) is 26.0 Å². The lowest BCUT2D eigenvalue weighted by atomic mass is 9.98. The molecule has 0 saturated carbocycles. The van der Waals surface area contributed by atoms with E-state index >= 15 is 4.39 Å². The van der Waals surface area contributed by atoms with E-state index in [2.05, 4.69) is 20.3 Å². The van der Waals surface area contributed by atoms with E-state index in [1.165, 1.54) is 38.2 Å². The number of alkyl halides is 1. The highest BCUT2D eigenvalue weighted by molar-refractivity contribution is 7.36. The zero-order chi connectivity index (χ0) is 26.7. The summed E-state index contributed by atoms with van der Waals surface area (Å²) < 4.78 is 46.2. The van der Waals surface area contributed by atoms with Crippen LogP contribution in [0.15, 0.2) is 43.0 Å². The first-order valence-electron chi connectivity index (χ1n) is 11.3. The molecule has 15 heteroatoms. The highest BCUT2D eigenvalue weighted by atomic mass is 31.1. The van der Waals surface area contributed by atoms with Crippen molar-refractivity contribution in [2.24, 2.45) is 0 Å². The molecule has 1 fully saturated rings. The molecule has 2 N–H and O–H groups in total. The van der Waals surface area contributed by atoms with Crippen LogP contribution in [0.5, 0.6) is 5.75 Å². The molecule has 0 bridgehead atoms. The maximum absolute atomic E-state index is 15.7. The van der Waals surface area contributed by atoms with Gasteiger partial charge >= 0.3 is 5.97 Å². The van der Waals surface area contributed by atoms with E-state index in [0.717, 1.165) is 4.83 Å². The van der Waals surface area contributed by atoms with Crippen molar-refractivity contribution in [1.82, 2.24) is 24.4 Å². The van der Waals surface area contributed by atoms with Crippen LogP contribution in [0.1, 0.15) is 20.1 Å². The number of anilines is 1. The molecule has 0 amide bonds. The van der Waals surface area contributed by atoms with Gasteiger partial charge in [0.1, 0.15) is 35.8 Å². The molecule has 1 aliphatic rings. The van der Waals surface area contributed by atoms with Gasteiger partial charge in [-0.1, -0.05) is 23.0 Å². The van der Waals surface area contributed by atoms with Gasteiger partial charge in [-0.2, -0.15) is 0 Å². The molecular formula is C22H28FN6O7P. The number of nitrogens with one attached hydrogen (secondary N) is 1. The standard InChI is InChI=1S/C22H28FN6O7P/c1-13(20(31)33-4)29(36-14-8-6-5-7-9-14)37(32)34-10-15-17(30)22(2,23)21(35-15)28-12-27-16-18(24-3)25-11-26-19(16)28/h5-9,11-13,15,17,21,30,37H,10H2,1-4H3,(H,24,25,26)/t13-,15+,17+,21+,22+/m0/s1. The van der Waals surface area contributed by atoms with Crippen molar-refractivity contribution in [2.75, 3.05) is 26.1 Å². The number of hydrogen-bond donors (Lipinski definition) is 2. The number of carbonyl (C=O) groups excluding carboxylic acids is 1. The van der Waals surface area contributed by atoms with Crippen LogP contribution in [0.25, 0.3) is 11.2 Å². The average Bonchev–Trinajstić information content (AvgIpc) is 3.43. The number of carbonyl (C=O) groups is 1. The fraction of sp³-hybridized carbons (Fsp3) is 0.455. The second kappa shape index (κ2) is 11.1. The smallest absolute Gasteiger partial charge is 0.326 e. The summed E-state index contributed by atoms with van der Waals surface area (Å²) in [5.41, 5.74) is -1.58. The van der Waals surface area contributed by atoms with Gasteiger partial charge in [0.25, 0.3) is 8.18 Å². The summed E-state index contributed by atoms with van der Waals surface area (Å²) in [7, 11) is -0.390. The van der Waals surface area contributed by atoms with E-state index in [0.29, 0.717) is 22.7 Å². The summed E-state index contributed by atoms with van der Waals surface area (Å²) in [6, 6.07) is 7.27. The molecule has 0 aliphatic carbocycles. The molecule has 4 rings (SSSR count). The number of benzene rings is 1. The van der Waals surface area contributed by atoms with E-state index < -0.39 is 50.9 Å². The molecule has 0 spiro atoms. The van der Waals surface area contributed by atoms with Gasteiger partial charge in [-0.3, -0.25) is 13.9 Å². The number of fused-ring (bicyclic) bond motifs is 1. The molecule has 0 radical (unpaired) electrons. The van der Waals surface area contributed by atoms with Crippen LogP contribution in [-0.2, 0) is 23.4 Å². The number of hydroxylamine groups is 1. The van der Waals surface area contributed by atoms with Crippen molar-refractivity contribution in [3.63, 3.8) is 0 Å². The number of methoxy groups -OCH3 is 1. The van der Waals surface area contributed by atoms with Crippen molar-refractivity contribution in [2.45, 2.75) is 44.0 Å². The predicted molar refractivity (Wildman–Crippen MR) is 130 cm³/mol. The Hall–Kier alpha value is -3.16. The third-order valence-electron chi connectivity index (χ3n) is 5.96. The van der Waals surface area contributed by atoms with E-state index in [4.69, 9.17) is 18.8 Å². The number of imidazole rings is 1. The molecule has 3 heterocycles. The van der Waals surface area contributed by atoms with Gasteiger partial charge in [0, 0.05) is 7.05 Å². The molecule has 13 nitrogen and oxygen atoms in total. The van der Waals surface area contributed by atoms with E-state index in [-0.39, 0.29) is 0 Å². The number of aliphatic hydroxyl groups is 1. The second-order valence-corrected chi connectivity index (χ2v) is 9.69. The Kier molecular flexibility index (Phi) is 8.05. The van der Waals surface area contributed by atoms with Crippen LogP contribution < -0.4 is 10.2 Å². The van der Waals surface area contributed by atoms with Gasteiger partial charge in [-0.25, -0.2) is 19.3 Å². The number of aromatic nitrogens is 4. The van der Waals surface area contributed by atoms with Gasteiger partial charge in [-0.15, -0.1) is 0 Å². The SMILES string of the molecule is CNc1ncnc2c1ncn2[C@@H]1O[C@H](CO[PH](=O)N(Oc2ccccc2)[C@@H](C)C(=O)OC)[C@@H](O)[C@@]1(C)F. The van der Waals surface area contributed by atoms with Crippen LogP contribution in [0.2, 0.25) is 0 Å². The highest BCUT2D eigenvalue weighted by Crippen LogP contribution is 2.44. The van der Waals surface area contributed by atoms with E-state index in [1.54, 1.807) is 37.4 Å². The predicted octanol–water partition coefficient (Wildman–Crippen LogP) is 2.12. The lowest BCUT2D eigenvalue weighted by Crippen LogP contribution is -2.41. The molecule has 1 unspecified atom stereocenters. The fourth-order valence-corrected chi connectivity index (χ4v) is 4.95. The maximum atomic E-state index is 15.7. The minimum atomic E-state index is -3.24. The quantitative estimate of drug-likeness (QED) is 0.221. The Labute approximate surface area is 212 Å². The average molecular weight is 538 g/mol. The van der Waals surface area contributed by atoms with Crippen LogP contribution in [0, 0.1) is 0 Å². The Morgan fingerprint density at radius 1 is 1.35 bits per heavy atom. The molecule has 37 heavy (non-hydrogen) atoms. The number of para-hydroxylation sites is 1. The molecule has 3 aromatic rings. The van der Waals surface area contributed by atoms with Crippen LogP contribution in [0.4, 0.5) is 10.2 Å². The van der Waals surface area contributed by atoms with Crippen LogP contribution in [0.3, 0.4) is 0 Å². The summed E-state index contributed by atoms with van der Waals surface area (Å²) in [5, 5.41) is 13.6. The van der Waals surface area contributed by atoms with Gasteiger partial charge < -0.3 is 29.3 Å². The van der Waals surface area contributed by atoms with E-state index in [9.17, 15) is 14.5 Å². The maximum Gasteiger partial charge on any atom is 0.326 e. The lowest BCUT2D eigenvalue weighted by molar-refractivity contribution is -0.152. The number of rotatable bonds is 10. The van der Waals surface area contributed by atoms with Crippen molar-refractivity contribution in [3.05, 3.63) is 43.0 Å². The topological polar surface area (TPSA) is 150 Å². The van der Waals surface area contributed by atoms with Crippen molar-refractivity contribution < 1.29 is 37.7 Å². The van der Waals surface area contributed by atoms with E-state index in [1.807, 2.05) is 0 Å². The zero-order valence-corrected chi connectivity index (χ0v) is 21.6. The third-order valence-corrected chi connectivity index (χ3v) is 7.21. The Morgan fingerprint density at radius 3 is 2.76 bits per heavy atom. The number of halogens is 1. The van der Waals surface area contributed by atoms with Crippen molar-refractivity contribution >= 4 is 31.1 Å². The van der Waals surface area contributed by atoms with Gasteiger partial charge in [0.05, 0.1) is 20.0 Å². The summed E-state index contributed by atoms with van der Waals surface area (Å²) in [4.78, 5) is 31.1. The number of ether oxygens (including phenoxy) is 2. The number of hydrogen-bond acceptors (Lipinski definition) is 11. The summed E-state index contributed by atoms with van der Waals surface area (Å²) in [5.74, 6) is 0.0459. The molecule has 6 atom stereocenters. The number of nitrogens with zero attached hydrogens (tertiary/aromatic N) is 5. The highest BCUT2D eigenvalue weighted by Gasteiger charge is 2.55.